The van der Waals surface area contributed by atoms with Crippen LogP contribution in [0, 0.1) is 6.92 Å². The molecule has 9 heteroatoms. The van der Waals surface area contributed by atoms with Gasteiger partial charge >= 0.3 is 0 Å². The SMILES string of the molecule is CC[C@@H](C(=O)NC)N(Cc1ccc(OC)cc1)C(=O)CN(c1ccc(C)cc1)S(=O)(=O)c1ccccc1. The van der Waals surface area contributed by atoms with Gasteiger partial charge in [-0.2, -0.15) is 0 Å². The van der Waals surface area contributed by atoms with Gasteiger partial charge in [-0.05, 0) is 55.3 Å². The van der Waals surface area contributed by atoms with Crippen molar-refractivity contribution in [2.75, 3.05) is 25.0 Å². The van der Waals surface area contributed by atoms with E-state index in [2.05, 4.69) is 5.32 Å². The molecule has 0 aliphatic heterocycles. The Labute approximate surface area is 218 Å². The molecule has 0 spiro atoms. The van der Waals surface area contributed by atoms with Crippen LogP contribution in [0.1, 0.15) is 24.5 Å². The highest BCUT2D eigenvalue weighted by atomic mass is 32.2. The molecule has 1 N–H and O–H groups in total. The normalized spacial score (nSPS) is 11.9. The minimum Gasteiger partial charge on any atom is -0.497 e. The molecule has 1 atom stereocenters. The third-order valence-electron chi connectivity index (χ3n) is 6.08. The summed E-state index contributed by atoms with van der Waals surface area (Å²) in [6.45, 7) is 3.37. The Morgan fingerprint density at radius 2 is 1.57 bits per heavy atom. The second kappa shape index (κ2) is 12.4. The zero-order valence-corrected chi connectivity index (χ0v) is 22.4. The van der Waals surface area contributed by atoms with Gasteiger partial charge in [0.05, 0.1) is 17.7 Å². The van der Waals surface area contributed by atoms with E-state index in [0.29, 0.717) is 17.9 Å². The average Bonchev–Trinajstić information content (AvgIpc) is 2.92. The first kappa shape index (κ1) is 27.7. The molecule has 0 heterocycles. The first-order valence-corrected chi connectivity index (χ1v) is 13.4. The van der Waals surface area contributed by atoms with Crippen LogP contribution in [-0.2, 0) is 26.2 Å². The van der Waals surface area contributed by atoms with Gasteiger partial charge in [-0.3, -0.25) is 13.9 Å². The van der Waals surface area contributed by atoms with E-state index in [1.54, 1.807) is 61.7 Å². The number of anilines is 1. The summed E-state index contributed by atoms with van der Waals surface area (Å²) in [6.07, 6.45) is 0.359. The monoisotopic (exact) mass is 523 g/mol. The van der Waals surface area contributed by atoms with E-state index in [-0.39, 0.29) is 17.3 Å². The first-order chi connectivity index (χ1) is 17.7. The fourth-order valence-electron chi connectivity index (χ4n) is 3.97. The number of ether oxygens (including phenoxy) is 1. The molecule has 0 unspecified atom stereocenters. The molecule has 3 aromatic carbocycles. The molecule has 0 saturated heterocycles. The fourth-order valence-corrected chi connectivity index (χ4v) is 5.41. The maximum Gasteiger partial charge on any atom is 0.264 e. The van der Waals surface area contributed by atoms with E-state index in [9.17, 15) is 18.0 Å². The molecular formula is C28H33N3O5S. The molecule has 2 amide bonds. The molecule has 0 fully saturated rings. The topological polar surface area (TPSA) is 96.0 Å². The number of benzene rings is 3. The quantitative estimate of drug-likeness (QED) is 0.413. The second-order valence-electron chi connectivity index (χ2n) is 8.57. The summed E-state index contributed by atoms with van der Waals surface area (Å²) in [4.78, 5) is 28.1. The first-order valence-electron chi connectivity index (χ1n) is 12.0. The third-order valence-corrected chi connectivity index (χ3v) is 7.86. The van der Waals surface area contributed by atoms with Gasteiger partial charge in [0.1, 0.15) is 18.3 Å². The summed E-state index contributed by atoms with van der Waals surface area (Å²) in [7, 11) is -0.988. The van der Waals surface area contributed by atoms with Gasteiger partial charge < -0.3 is 15.0 Å². The number of likely N-dealkylation sites (N-methyl/N-ethyl adjacent to an activating group) is 1. The highest BCUT2D eigenvalue weighted by molar-refractivity contribution is 7.92. The Bertz CT molecular complexity index is 1290. The maximum atomic E-state index is 13.8. The van der Waals surface area contributed by atoms with E-state index in [0.717, 1.165) is 15.4 Å². The zero-order chi connectivity index (χ0) is 27.0. The summed E-state index contributed by atoms with van der Waals surface area (Å²) in [5.41, 5.74) is 2.10. The summed E-state index contributed by atoms with van der Waals surface area (Å²) in [5, 5.41) is 2.62. The Morgan fingerprint density at radius 1 is 0.946 bits per heavy atom. The van der Waals surface area contributed by atoms with Crippen LogP contribution < -0.4 is 14.4 Å². The highest BCUT2D eigenvalue weighted by Crippen LogP contribution is 2.25. The van der Waals surface area contributed by atoms with Gasteiger partial charge in [0.25, 0.3) is 10.0 Å². The van der Waals surface area contributed by atoms with E-state index in [4.69, 9.17) is 4.74 Å². The molecule has 3 rings (SSSR count). The van der Waals surface area contributed by atoms with E-state index >= 15 is 0 Å². The molecule has 8 nitrogen and oxygen atoms in total. The van der Waals surface area contributed by atoms with Gasteiger partial charge in [0, 0.05) is 13.6 Å². The van der Waals surface area contributed by atoms with Crippen LogP contribution in [0.4, 0.5) is 5.69 Å². The van der Waals surface area contributed by atoms with Gasteiger partial charge in [-0.1, -0.05) is 55.0 Å². The van der Waals surface area contributed by atoms with Gasteiger partial charge in [-0.25, -0.2) is 8.42 Å². The number of hydrogen-bond donors (Lipinski definition) is 1. The number of aryl methyl sites for hydroxylation is 1. The molecule has 37 heavy (non-hydrogen) atoms. The van der Waals surface area contributed by atoms with E-state index in [1.165, 1.54) is 24.1 Å². The van der Waals surface area contributed by atoms with E-state index < -0.39 is 28.5 Å². The Balaban J connectivity index is 2.02. The van der Waals surface area contributed by atoms with Gasteiger partial charge in [0.2, 0.25) is 11.8 Å². The van der Waals surface area contributed by atoms with Crippen LogP contribution in [-0.4, -0.2) is 51.9 Å². The van der Waals surface area contributed by atoms with Crippen LogP contribution in [0.25, 0.3) is 0 Å². The smallest absolute Gasteiger partial charge is 0.264 e. The molecule has 0 aliphatic rings. The number of amides is 2. The lowest BCUT2D eigenvalue weighted by Crippen LogP contribution is -2.51. The second-order valence-corrected chi connectivity index (χ2v) is 10.4. The van der Waals surface area contributed by atoms with Crippen LogP contribution in [0.2, 0.25) is 0 Å². The lowest BCUT2D eigenvalue weighted by molar-refractivity contribution is -0.140. The van der Waals surface area contributed by atoms with Gasteiger partial charge in [0.15, 0.2) is 0 Å². The maximum absolute atomic E-state index is 13.8. The molecule has 196 valence electrons. The van der Waals surface area contributed by atoms with Crippen molar-refractivity contribution in [1.82, 2.24) is 10.2 Å². The number of carbonyl (C=O) groups is 2. The average molecular weight is 524 g/mol. The van der Waals surface area contributed by atoms with Crippen LogP contribution >= 0.6 is 0 Å². The van der Waals surface area contributed by atoms with Crippen molar-refractivity contribution in [3.05, 3.63) is 90.0 Å². The number of carbonyl (C=O) groups excluding carboxylic acids is 2. The number of nitrogens with zero attached hydrogens (tertiary/aromatic N) is 2. The van der Waals surface area contributed by atoms with Crippen molar-refractivity contribution in [3.63, 3.8) is 0 Å². The summed E-state index contributed by atoms with van der Waals surface area (Å²) in [6, 6.07) is 21.3. The van der Waals surface area contributed by atoms with Crippen LogP contribution in [0.15, 0.2) is 83.8 Å². The molecule has 0 radical (unpaired) electrons. The third kappa shape index (κ3) is 6.68. The van der Waals surface area contributed by atoms with Crippen molar-refractivity contribution in [2.24, 2.45) is 0 Å². The minimum atomic E-state index is -4.07. The lowest BCUT2D eigenvalue weighted by Gasteiger charge is -2.33. The highest BCUT2D eigenvalue weighted by Gasteiger charge is 2.33. The number of sulfonamides is 1. The molecule has 3 aromatic rings. The van der Waals surface area contributed by atoms with Crippen molar-refractivity contribution in [1.29, 1.82) is 0 Å². The predicted octanol–water partition coefficient (Wildman–Crippen LogP) is 3.75. The predicted molar refractivity (Wildman–Crippen MR) is 144 cm³/mol. The van der Waals surface area contributed by atoms with Crippen molar-refractivity contribution in [3.8, 4) is 5.75 Å². The van der Waals surface area contributed by atoms with Crippen LogP contribution in [0.5, 0.6) is 5.75 Å². The fraction of sp³-hybridized carbons (Fsp3) is 0.286. The van der Waals surface area contributed by atoms with Crippen molar-refractivity contribution in [2.45, 2.75) is 37.8 Å². The molecule has 0 aromatic heterocycles. The van der Waals surface area contributed by atoms with Gasteiger partial charge in [-0.15, -0.1) is 0 Å². The van der Waals surface area contributed by atoms with Crippen molar-refractivity contribution < 1.29 is 22.7 Å². The number of rotatable bonds is 11. The Hall–Kier alpha value is -3.85. The Morgan fingerprint density at radius 3 is 2.11 bits per heavy atom. The number of nitrogens with one attached hydrogen (secondary N) is 1. The summed E-state index contributed by atoms with van der Waals surface area (Å²) < 4.78 is 33.7. The summed E-state index contributed by atoms with van der Waals surface area (Å²) >= 11 is 0. The Kier molecular flexibility index (Phi) is 9.30. The summed E-state index contributed by atoms with van der Waals surface area (Å²) in [5.74, 6) is -0.150. The number of methoxy groups -OCH3 is 1. The van der Waals surface area contributed by atoms with Crippen LogP contribution in [0.3, 0.4) is 0 Å². The molecule has 0 aliphatic carbocycles. The standard InChI is InChI=1S/C28H33N3O5S/c1-5-26(28(33)29-3)30(19-22-13-17-24(36-4)18-14-22)27(32)20-31(23-15-11-21(2)12-16-23)37(34,35)25-9-7-6-8-10-25/h6-18,26H,5,19-20H2,1-4H3,(H,29,33)/t26-/m0/s1. The molecular weight excluding hydrogens is 490 g/mol. The van der Waals surface area contributed by atoms with Crippen molar-refractivity contribution >= 4 is 27.5 Å². The zero-order valence-electron chi connectivity index (χ0n) is 21.5. The minimum absolute atomic E-state index is 0.0726. The molecule has 0 saturated carbocycles. The van der Waals surface area contributed by atoms with E-state index in [1.807, 2.05) is 26.0 Å². The number of hydrogen-bond acceptors (Lipinski definition) is 5. The molecule has 0 bridgehead atoms. The largest absolute Gasteiger partial charge is 0.497 e. The lowest BCUT2D eigenvalue weighted by atomic mass is 10.1.